The van der Waals surface area contributed by atoms with Crippen LogP contribution in [0.15, 0.2) is 48.5 Å². The lowest BCUT2D eigenvalue weighted by atomic mass is 10.0. The van der Waals surface area contributed by atoms with Crippen molar-refractivity contribution >= 4 is 35.2 Å². The number of nitriles is 1. The first-order valence-electron chi connectivity index (χ1n) is 8.60. The molecular weight excluding hydrogens is 396 g/mol. The number of nitrogens with one attached hydrogen (secondary N) is 2. The number of ether oxygens (including phenoxy) is 1. The summed E-state index contributed by atoms with van der Waals surface area (Å²) in [5.41, 5.74) is 6.71. The molecule has 3 amide bonds. The molecule has 9 heteroatoms. The average molecular weight is 415 g/mol. The molecule has 2 aromatic carbocycles. The van der Waals surface area contributed by atoms with Gasteiger partial charge in [0.25, 0.3) is 5.91 Å². The van der Waals surface area contributed by atoms with E-state index in [0.717, 1.165) is 0 Å². The number of nitrogens with zero attached hydrogens (tertiary/aromatic N) is 1. The molecule has 0 aliphatic carbocycles. The first kappa shape index (κ1) is 21.7. The lowest BCUT2D eigenvalue weighted by Gasteiger charge is -2.19. The van der Waals surface area contributed by atoms with E-state index in [4.69, 9.17) is 27.3 Å². The first-order valence-corrected chi connectivity index (χ1v) is 8.98. The van der Waals surface area contributed by atoms with Gasteiger partial charge < -0.3 is 21.1 Å². The molecule has 29 heavy (non-hydrogen) atoms. The standard InChI is InChI=1S/C20H19ClN4O4/c1-12(19(27)24-16-8-2-13(11-22)3-9-16)29-18(26)10-17(25-20(23)28)14-4-6-15(21)7-5-14/h2-9,12,17H,10H2,1H3,(H,24,27)(H3,23,25,28)/t12-,17+/m0/s1. The van der Waals surface area contributed by atoms with Gasteiger partial charge in [-0.2, -0.15) is 5.26 Å². The minimum absolute atomic E-state index is 0.223. The average Bonchev–Trinajstić information content (AvgIpc) is 2.68. The van der Waals surface area contributed by atoms with Crippen molar-refractivity contribution in [1.82, 2.24) is 5.32 Å². The number of carbonyl (C=O) groups excluding carboxylic acids is 3. The number of urea groups is 1. The number of rotatable bonds is 7. The summed E-state index contributed by atoms with van der Waals surface area (Å²) in [5, 5.41) is 14.3. The van der Waals surface area contributed by atoms with Gasteiger partial charge in [-0.1, -0.05) is 23.7 Å². The second-order valence-corrected chi connectivity index (χ2v) is 6.56. The van der Waals surface area contributed by atoms with E-state index in [9.17, 15) is 14.4 Å². The fourth-order valence-electron chi connectivity index (χ4n) is 2.46. The molecular formula is C20H19ClN4O4. The summed E-state index contributed by atoms with van der Waals surface area (Å²) in [6.07, 6.45) is -1.29. The van der Waals surface area contributed by atoms with Crippen molar-refractivity contribution in [2.75, 3.05) is 5.32 Å². The maximum Gasteiger partial charge on any atom is 0.312 e. The Labute approximate surface area is 172 Å². The number of nitrogens with two attached hydrogens (primary N) is 1. The third-order valence-electron chi connectivity index (χ3n) is 3.92. The molecule has 0 aliphatic rings. The minimum Gasteiger partial charge on any atom is -0.452 e. The maximum absolute atomic E-state index is 12.3. The largest absolute Gasteiger partial charge is 0.452 e. The number of halogens is 1. The molecule has 0 aromatic heterocycles. The number of amides is 3. The smallest absolute Gasteiger partial charge is 0.312 e. The molecule has 150 valence electrons. The number of esters is 1. The van der Waals surface area contributed by atoms with Gasteiger partial charge in [-0.05, 0) is 48.9 Å². The molecule has 0 bridgehead atoms. The van der Waals surface area contributed by atoms with E-state index in [2.05, 4.69) is 10.6 Å². The van der Waals surface area contributed by atoms with Crippen LogP contribution in [0.3, 0.4) is 0 Å². The summed E-state index contributed by atoms with van der Waals surface area (Å²) in [6, 6.07) is 13.2. The fourth-order valence-corrected chi connectivity index (χ4v) is 2.58. The topological polar surface area (TPSA) is 134 Å². The van der Waals surface area contributed by atoms with E-state index in [0.29, 0.717) is 21.8 Å². The Kier molecular flexibility index (Phi) is 7.57. The van der Waals surface area contributed by atoms with Crippen molar-refractivity contribution in [1.29, 1.82) is 5.26 Å². The summed E-state index contributed by atoms with van der Waals surface area (Å²) in [7, 11) is 0. The Morgan fingerprint density at radius 2 is 1.76 bits per heavy atom. The van der Waals surface area contributed by atoms with Crippen LogP contribution in [0.4, 0.5) is 10.5 Å². The molecule has 0 radical (unpaired) electrons. The van der Waals surface area contributed by atoms with Gasteiger partial charge in [0, 0.05) is 10.7 Å². The zero-order valence-electron chi connectivity index (χ0n) is 15.5. The predicted molar refractivity (Wildman–Crippen MR) is 107 cm³/mol. The van der Waals surface area contributed by atoms with Crippen molar-refractivity contribution in [3.63, 3.8) is 0 Å². The highest BCUT2D eigenvalue weighted by atomic mass is 35.5. The normalized spacial score (nSPS) is 12.2. The Balaban J connectivity index is 1.96. The molecule has 0 fully saturated rings. The molecule has 0 aliphatic heterocycles. The molecule has 0 spiro atoms. The summed E-state index contributed by atoms with van der Waals surface area (Å²) in [4.78, 5) is 35.7. The molecule has 2 atom stereocenters. The van der Waals surface area contributed by atoms with Crippen molar-refractivity contribution < 1.29 is 19.1 Å². The van der Waals surface area contributed by atoms with Crippen LogP contribution in [-0.4, -0.2) is 24.0 Å². The highest BCUT2D eigenvalue weighted by molar-refractivity contribution is 6.30. The Morgan fingerprint density at radius 3 is 2.31 bits per heavy atom. The van der Waals surface area contributed by atoms with Gasteiger partial charge in [0.05, 0.1) is 24.1 Å². The van der Waals surface area contributed by atoms with E-state index < -0.39 is 30.1 Å². The number of hydrogen-bond acceptors (Lipinski definition) is 5. The molecule has 0 saturated carbocycles. The van der Waals surface area contributed by atoms with Crippen LogP contribution in [0, 0.1) is 11.3 Å². The summed E-state index contributed by atoms with van der Waals surface area (Å²) in [5.74, 6) is -1.23. The van der Waals surface area contributed by atoms with E-state index in [1.165, 1.54) is 6.92 Å². The van der Waals surface area contributed by atoms with Crippen molar-refractivity contribution in [2.24, 2.45) is 5.73 Å². The monoisotopic (exact) mass is 414 g/mol. The Hall–Kier alpha value is -3.57. The van der Waals surface area contributed by atoms with Crippen LogP contribution in [-0.2, 0) is 14.3 Å². The molecule has 0 heterocycles. The highest BCUT2D eigenvalue weighted by Gasteiger charge is 2.23. The molecule has 2 aromatic rings. The predicted octanol–water partition coefficient (Wildman–Crippen LogP) is 2.88. The summed E-state index contributed by atoms with van der Waals surface area (Å²) < 4.78 is 5.17. The molecule has 0 saturated heterocycles. The SMILES string of the molecule is C[C@H](OC(=O)C[C@@H](NC(N)=O)c1ccc(Cl)cc1)C(=O)Nc1ccc(C#N)cc1. The van der Waals surface area contributed by atoms with E-state index in [-0.39, 0.29) is 6.42 Å². The maximum atomic E-state index is 12.3. The van der Waals surface area contributed by atoms with Gasteiger partial charge >= 0.3 is 12.0 Å². The molecule has 2 rings (SSSR count). The van der Waals surface area contributed by atoms with Crippen LogP contribution >= 0.6 is 11.6 Å². The van der Waals surface area contributed by atoms with Gasteiger partial charge in [-0.3, -0.25) is 9.59 Å². The number of hydrogen-bond donors (Lipinski definition) is 3. The second kappa shape index (κ2) is 10.1. The summed E-state index contributed by atoms with van der Waals surface area (Å²) in [6.45, 7) is 1.43. The molecule has 0 unspecified atom stereocenters. The van der Waals surface area contributed by atoms with Gasteiger partial charge in [0.1, 0.15) is 0 Å². The number of primary amides is 1. The van der Waals surface area contributed by atoms with Gasteiger partial charge in [-0.15, -0.1) is 0 Å². The lowest BCUT2D eigenvalue weighted by Crippen LogP contribution is -2.36. The van der Waals surface area contributed by atoms with Crippen molar-refractivity contribution in [3.05, 3.63) is 64.7 Å². The number of anilines is 1. The van der Waals surface area contributed by atoms with Gasteiger partial charge in [0.2, 0.25) is 0 Å². The minimum atomic E-state index is -1.07. The summed E-state index contributed by atoms with van der Waals surface area (Å²) >= 11 is 5.85. The Morgan fingerprint density at radius 1 is 1.14 bits per heavy atom. The molecule has 8 nitrogen and oxygen atoms in total. The van der Waals surface area contributed by atoms with Crippen LogP contribution in [0.2, 0.25) is 5.02 Å². The van der Waals surface area contributed by atoms with Crippen LogP contribution < -0.4 is 16.4 Å². The highest BCUT2D eigenvalue weighted by Crippen LogP contribution is 2.20. The van der Waals surface area contributed by atoms with E-state index in [1.54, 1.807) is 48.5 Å². The zero-order valence-corrected chi connectivity index (χ0v) is 16.3. The first-order chi connectivity index (χ1) is 13.8. The lowest BCUT2D eigenvalue weighted by molar-refractivity contribution is -0.153. The third-order valence-corrected chi connectivity index (χ3v) is 4.17. The quantitative estimate of drug-likeness (QED) is 0.599. The van der Waals surface area contributed by atoms with Crippen molar-refractivity contribution in [2.45, 2.75) is 25.5 Å². The van der Waals surface area contributed by atoms with Gasteiger partial charge in [-0.25, -0.2) is 4.79 Å². The van der Waals surface area contributed by atoms with E-state index in [1.807, 2.05) is 6.07 Å². The number of carbonyl (C=O) groups is 3. The zero-order chi connectivity index (χ0) is 21.4. The van der Waals surface area contributed by atoms with Gasteiger partial charge in [0.15, 0.2) is 6.10 Å². The van der Waals surface area contributed by atoms with Crippen LogP contribution in [0.5, 0.6) is 0 Å². The van der Waals surface area contributed by atoms with Crippen LogP contribution in [0.25, 0.3) is 0 Å². The second-order valence-electron chi connectivity index (χ2n) is 6.13. The fraction of sp³-hybridized carbons (Fsp3) is 0.200. The van der Waals surface area contributed by atoms with Crippen LogP contribution in [0.1, 0.15) is 30.5 Å². The third kappa shape index (κ3) is 6.83. The Bertz CT molecular complexity index is 923. The van der Waals surface area contributed by atoms with E-state index >= 15 is 0 Å². The van der Waals surface area contributed by atoms with Crippen molar-refractivity contribution in [3.8, 4) is 6.07 Å². The molecule has 4 N–H and O–H groups in total. The number of benzene rings is 2.